The molecule has 27 heavy (non-hydrogen) atoms. The van der Waals surface area contributed by atoms with Gasteiger partial charge in [0.15, 0.2) is 5.82 Å². The highest BCUT2D eigenvalue weighted by Crippen LogP contribution is 2.17. The van der Waals surface area contributed by atoms with Gasteiger partial charge in [0.25, 0.3) is 5.56 Å². The monoisotopic (exact) mass is 369 g/mol. The molecule has 2 heterocycles. The molecule has 0 saturated heterocycles. The number of fused-ring (bicyclic) bond motifs is 1. The molecule has 1 N–H and O–H groups in total. The molecule has 8 heteroatoms. The van der Waals surface area contributed by atoms with Crippen LogP contribution in [0.25, 0.3) is 17.2 Å². The summed E-state index contributed by atoms with van der Waals surface area (Å²) in [5, 5.41) is 7.19. The molecule has 0 saturated carbocycles. The predicted octanol–water partition coefficient (Wildman–Crippen LogP) is 1.33. The van der Waals surface area contributed by atoms with Crippen molar-refractivity contribution in [3.63, 3.8) is 0 Å². The van der Waals surface area contributed by atoms with Gasteiger partial charge in [-0.15, -0.1) is 5.10 Å². The number of aromatic nitrogens is 4. The van der Waals surface area contributed by atoms with Gasteiger partial charge in [-0.3, -0.25) is 9.59 Å². The Bertz CT molecular complexity index is 1020. The van der Waals surface area contributed by atoms with E-state index >= 15 is 0 Å². The molecule has 0 aliphatic heterocycles. The topological polar surface area (TPSA) is 90.5 Å². The number of nitrogens with one attached hydrogen (secondary N) is 1. The molecule has 0 fully saturated rings. The molecule has 0 atom stereocenters. The first kappa shape index (κ1) is 18.8. The lowest BCUT2D eigenvalue weighted by Crippen LogP contribution is -2.31. The molecule has 0 unspecified atom stereocenters. The maximum Gasteiger partial charge on any atom is 0.275 e. The number of hydrogen-bond acceptors (Lipinski definition) is 5. The van der Waals surface area contributed by atoms with E-state index < -0.39 is 0 Å². The van der Waals surface area contributed by atoms with Crippen molar-refractivity contribution in [2.75, 3.05) is 20.3 Å². The van der Waals surface area contributed by atoms with Crippen molar-refractivity contribution in [1.82, 2.24) is 24.5 Å². The Hall–Kier alpha value is -3.00. The first-order valence-corrected chi connectivity index (χ1v) is 8.79. The van der Waals surface area contributed by atoms with Gasteiger partial charge in [0.1, 0.15) is 6.54 Å². The van der Waals surface area contributed by atoms with E-state index in [1.54, 1.807) is 18.6 Å². The molecular weight excluding hydrogens is 346 g/mol. The molecule has 142 valence electrons. The Kier molecular flexibility index (Phi) is 5.66. The summed E-state index contributed by atoms with van der Waals surface area (Å²) in [5.74, 6) is 0.652. The molecule has 0 aliphatic carbocycles. The quantitative estimate of drug-likeness (QED) is 0.635. The highest BCUT2D eigenvalue weighted by Gasteiger charge is 2.15. The van der Waals surface area contributed by atoms with Gasteiger partial charge in [-0.2, -0.15) is 9.50 Å². The first-order valence-electron chi connectivity index (χ1n) is 8.79. The molecule has 1 aromatic carbocycles. The van der Waals surface area contributed by atoms with E-state index in [2.05, 4.69) is 15.4 Å². The van der Waals surface area contributed by atoms with Gasteiger partial charge in [-0.25, -0.2) is 0 Å². The summed E-state index contributed by atoms with van der Waals surface area (Å²) in [6.07, 6.45) is 0.739. The molecule has 0 radical (unpaired) electrons. The second-order valence-corrected chi connectivity index (χ2v) is 6.42. The Balaban J connectivity index is 1.93. The van der Waals surface area contributed by atoms with Gasteiger partial charge >= 0.3 is 0 Å². The van der Waals surface area contributed by atoms with Crippen LogP contribution >= 0.6 is 0 Å². The second-order valence-electron chi connectivity index (χ2n) is 6.42. The number of aryl methyl sites for hydroxylation is 2. The summed E-state index contributed by atoms with van der Waals surface area (Å²) in [4.78, 5) is 29.1. The van der Waals surface area contributed by atoms with Gasteiger partial charge in [0.2, 0.25) is 11.7 Å². The number of nitrogens with zero attached hydrogens (tertiary/aromatic N) is 4. The number of ether oxygens (including phenoxy) is 1. The third-order valence-corrected chi connectivity index (χ3v) is 4.22. The predicted molar refractivity (Wildman–Crippen MR) is 102 cm³/mol. The molecule has 3 aromatic rings. The first-order chi connectivity index (χ1) is 13.0. The average Bonchev–Trinajstić information content (AvgIpc) is 3.08. The van der Waals surface area contributed by atoms with Crippen molar-refractivity contribution in [3.05, 3.63) is 51.9 Å². The summed E-state index contributed by atoms with van der Waals surface area (Å²) in [6.45, 7) is 4.95. The molecule has 0 aliphatic rings. The highest BCUT2D eigenvalue weighted by atomic mass is 16.5. The van der Waals surface area contributed by atoms with Crippen LogP contribution in [0, 0.1) is 13.8 Å². The number of hydrogen-bond donors (Lipinski definition) is 1. The second kappa shape index (κ2) is 8.13. The number of rotatable bonds is 7. The van der Waals surface area contributed by atoms with Crippen LogP contribution in [-0.4, -0.2) is 45.3 Å². The molecule has 8 nitrogen and oxygen atoms in total. The van der Waals surface area contributed by atoms with Crippen LogP contribution < -0.4 is 10.9 Å². The Morgan fingerprint density at radius 2 is 2.07 bits per heavy atom. The minimum Gasteiger partial charge on any atom is -0.385 e. The fraction of sp³-hybridized carbons (Fsp3) is 0.368. The summed E-state index contributed by atoms with van der Waals surface area (Å²) in [5.41, 5.74) is 2.29. The zero-order chi connectivity index (χ0) is 19.4. The maximum absolute atomic E-state index is 12.3. The zero-order valence-electron chi connectivity index (χ0n) is 15.7. The Morgan fingerprint density at radius 1 is 1.26 bits per heavy atom. The molecule has 0 bridgehead atoms. The molecular formula is C19H23N5O3. The van der Waals surface area contributed by atoms with Gasteiger partial charge in [0, 0.05) is 37.6 Å². The summed E-state index contributed by atoms with van der Waals surface area (Å²) in [6, 6.07) is 9.21. The lowest BCUT2D eigenvalue weighted by atomic mass is 10.1. The SMILES string of the molecule is COCCCNC(=O)Cn1c(C)cc(=O)n2nc(-c3cccc(C)c3)nc12. The van der Waals surface area contributed by atoms with Crippen LogP contribution in [0.3, 0.4) is 0 Å². The van der Waals surface area contributed by atoms with Crippen LogP contribution in [0.1, 0.15) is 17.7 Å². The number of carbonyl (C=O) groups excluding carboxylic acids is 1. The summed E-state index contributed by atoms with van der Waals surface area (Å²) in [7, 11) is 1.62. The number of carbonyl (C=O) groups is 1. The highest BCUT2D eigenvalue weighted by molar-refractivity contribution is 5.76. The van der Waals surface area contributed by atoms with Crippen LogP contribution in [-0.2, 0) is 16.1 Å². The fourth-order valence-corrected chi connectivity index (χ4v) is 2.85. The van der Waals surface area contributed by atoms with Crippen molar-refractivity contribution >= 4 is 11.7 Å². The molecule has 1 amide bonds. The van der Waals surface area contributed by atoms with Gasteiger partial charge in [0.05, 0.1) is 0 Å². The van der Waals surface area contributed by atoms with Gasteiger partial charge in [-0.05, 0) is 26.3 Å². The van der Waals surface area contributed by atoms with Gasteiger partial charge < -0.3 is 14.6 Å². The van der Waals surface area contributed by atoms with Crippen LogP contribution in [0.15, 0.2) is 35.1 Å². The zero-order valence-corrected chi connectivity index (χ0v) is 15.7. The number of methoxy groups -OCH3 is 1. The Labute approximate surface area is 156 Å². The van der Waals surface area contributed by atoms with E-state index in [1.165, 1.54) is 10.6 Å². The summed E-state index contributed by atoms with van der Waals surface area (Å²) >= 11 is 0. The van der Waals surface area contributed by atoms with Crippen molar-refractivity contribution in [1.29, 1.82) is 0 Å². The minimum atomic E-state index is -0.273. The van der Waals surface area contributed by atoms with E-state index in [4.69, 9.17) is 4.74 Å². The van der Waals surface area contributed by atoms with Crippen molar-refractivity contribution in [2.45, 2.75) is 26.8 Å². The van der Waals surface area contributed by atoms with Gasteiger partial charge in [-0.1, -0.05) is 23.8 Å². The number of amides is 1. The number of benzene rings is 1. The molecule has 2 aromatic heterocycles. The van der Waals surface area contributed by atoms with E-state index in [0.29, 0.717) is 30.4 Å². The van der Waals surface area contributed by atoms with E-state index in [1.807, 2.05) is 31.2 Å². The molecule has 0 spiro atoms. The normalized spacial score (nSPS) is 11.1. The largest absolute Gasteiger partial charge is 0.385 e. The van der Waals surface area contributed by atoms with Crippen LogP contribution in [0.5, 0.6) is 0 Å². The maximum atomic E-state index is 12.3. The van der Waals surface area contributed by atoms with Crippen LogP contribution in [0.4, 0.5) is 0 Å². The van der Waals surface area contributed by atoms with Crippen molar-refractivity contribution in [2.24, 2.45) is 0 Å². The summed E-state index contributed by atoms with van der Waals surface area (Å²) < 4.78 is 7.90. The third-order valence-electron chi connectivity index (χ3n) is 4.22. The van der Waals surface area contributed by atoms with Crippen molar-refractivity contribution in [3.8, 4) is 11.4 Å². The van der Waals surface area contributed by atoms with E-state index in [0.717, 1.165) is 17.5 Å². The van der Waals surface area contributed by atoms with Crippen LogP contribution in [0.2, 0.25) is 0 Å². The fourth-order valence-electron chi connectivity index (χ4n) is 2.85. The Morgan fingerprint density at radius 3 is 2.81 bits per heavy atom. The smallest absolute Gasteiger partial charge is 0.275 e. The lowest BCUT2D eigenvalue weighted by molar-refractivity contribution is -0.121. The minimum absolute atomic E-state index is 0.0640. The van der Waals surface area contributed by atoms with Crippen molar-refractivity contribution < 1.29 is 9.53 Å². The van der Waals surface area contributed by atoms with E-state index in [-0.39, 0.29) is 18.0 Å². The molecule has 3 rings (SSSR count). The van der Waals surface area contributed by atoms with E-state index in [9.17, 15) is 9.59 Å². The third kappa shape index (κ3) is 4.22. The average molecular weight is 369 g/mol. The standard InChI is InChI=1S/C19H23N5O3/c1-13-6-4-7-15(10-13)18-21-19-23(12-16(25)20-8-5-9-27-3)14(2)11-17(26)24(19)22-18/h4,6-7,10-11H,5,8-9,12H2,1-3H3,(H,20,25). The lowest BCUT2D eigenvalue weighted by Gasteiger charge is -2.11.